The van der Waals surface area contributed by atoms with Crippen LogP contribution in [0.25, 0.3) is 0 Å². The SMILES string of the molecule is COc1cccc([C@@H]2CCCN2C(=O)c2cnc(Nc3ccccc3)nc2)c1. The van der Waals surface area contributed by atoms with Gasteiger partial charge in [-0.2, -0.15) is 0 Å². The van der Waals surface area contributed by atoms with E-state index in [0.717, 1.165) is 36.4 Å². The van der Waals surface area contributed by atoms with Gasteiger partial charge in [0.1, 0.15) is 5.75 Å². The lowest BCUT2D eigenvalue weighted by molar-refractivity contribution is 0.0734. The molecule has 0 radical (unpaired) electrons. The van der Waals surface area contributed by atoms with Gasteiger partial charge in [0.05, 0.1) is 18.7 Å². The minimum Gasteiger partial charge on any atom is -0.497 e. The first-order valence-electron chi connectivity index (χ1n) is 9.33. The zero-order valence-corrected chi connectivity index (χ0v) is 15.7. The van der Waals surface area contributed by atoms with Crippen molar-refractivity contribution in [3.63, 3.8) is 0 Å². The van der Waals surface area contributed by atoms with Crippen molar-refractivity contribution >= 4 is 17.5 Å². The topological polar surface area (TPSA) is 67.3 Å². The van der Waals surface area contributed by atoms with Gasteiger partial charge in [0.25, 0.3) is 5.91 Å². The number of carbonyl (C=O) groups is 1. The largest absolute Gasteiger partial charge is 0.497 e. The fourth-order valence-corrected chi connectivity index (χ4v) is 3.52. The highest BCUT2D eigenvalue weighted by molar-refractivity contribution is 5.94. The van der Waals surface area contributed by atoms with E-state index >= 15 is 0 Å². The molecule has 3 aromatic rings. The van der Waals surface area contributed by atoms with E-state index in [-0.39, 0.29) is 11.9 Å². The third-order valence-electron chi connectivity index (χ3n) is 4.92. The number of ether oxygens (including phenoxy) is 1. The van der Waals surface area contributed by atoms with Gasteiger partial charge in [-0.25, -0.2) is 9.97 Å². The summed E-state index contributed by atoms with van der Waals surface area (Å²) in [6, 6.07) is 17.7. The summed E-state index contributed by atoms with van der Waals surface area (Å²) in [7, 11) is 1.65. The van der Waals surface area contributed by atoms with Crippen LogP contribution in [0.5, 0.6) is 5.75 Å². The number of nitrogens with zero attached hydrogens (tertiary/aromatic N) is 3. The summed E-state index contributed by atoms with van der Waals surface area (Å²) in [6.07, 6.45) is 5.08. The van der Waals surface area contributed by atoms with E-state index in [2.05, 4.69) is 15.3 Å². The highest BCUT2D eigenvalue weighted by atomic mass is 16.5. The van der Waals surface area contributed by atoms with Crippen LogP contribution in [0.3, 0.4) is 0 Å². The molecule has 1 amide bonds. The molecule has 4 rings (SSSR count). The van der Waals surface area contributed by atoms with Crippen LogP contribution in [-0.2, 0) is 0 Å². The van der Waals surface area contributed by atoms with Gasteiger partial charge < -0.3 is 15.0 Å². The van der Waals surface area contributed by atoms with Gasteiger partial charge in [0.15, 0.2) is 0 Å². The summed E-state index contributed by atoms with van der Waals surface area (Å²) in [5, 5.41) is 3.13. The van der Waals surface area contributed by atoms with E-state index in [1.54, 1.807) is 19.5 Å². The molecule has 1 N–H and O–H groups in total. The number of hydrogen-bond donors (Lipinski definition) is 1. The van der Waals surface area contributed by atoms with Crippen LogP contribution >= 0.6 is 0 Å². The van der Waals surface area contributed by atoms with Gasteiger partial charge in [-0.15, -0.1) is 0 Å². The maximum absolute atomic E-state index is 13.0. The smallest absolute Gasteiger partial charge is 0.257 e. The first-order chi connectivity index (χ1) is 13.7. The van der Waals surface area contributed by atoms with Gasteiger partial charge in [0, 0.05) is 24.6 Å². The van der Waals surface area contributed by atoms with Crippen molar-refractivity contribution in [3.05, 3.63) is 78.1 Å². The van der Waals surface area contributed by atoms with Crippen LogP contribution < -0.4 is 10.1 Å². The molecule has 1 aromatic heterocycles. The Kier molecular flexibility index (Phi) is 5.19. The average Bonchev–Trinajstić information content (AvgIpc) is 3.24. The Bertz CT molecular complexity index is 944. The van der Waals surface area contributed by atoms with Crippen LogP contribution in [0.1, 0.15) is 34.8 Å². The minimum absolute atomic E-state index is 0.0448. The number of hydrogen-bond acceptors (Lipinski definition) is 5. The molecule has 0 unspecified atom stereocenters. The second kappa shape index (κ2) is 8.08. The van der Waals surface area contributed by atoms with Gasteiger partial charge in [-0.1, -0.05) is 30.3 Å². The molecule has 2 aromatic carbocycles. The van der Waals surface area contributed by atoms with Crippen molar-refractivity contribution in [1.82, 2.24) is 14.9 Å². The molecule has 1 atom stereocenters. The molecule has 1 aliphatic heterocycles. The Morgan fingerprint density at radius 3 is 2.64 bits per heavy atom. The van der Waals surface area contributed by atoms with Crippen LogP contribution in [0.2, 0.25) is 0 Å². The van der Waals surface area contributed by atoms with E-state index in [4.69, 9.17) is 4.74 Å². The monoisotopic (exact) mass is 374 g/mol. The summed E-state index contributed by atoms with van der Waals surface area (Å²) < 4.78 is 5.33. The predicted molar refractivity (Wildman–Crippen MR) is 108 cm³/mol. The number of nitrogens with one attached hydrogen (secondary N) is 1. The Balaban J connectivity index is 1.50. The molecule has 1 aliphatic rings. The molecule has 142 valence electrons. The van der Waals surface area contributed by atoms with Gasteiger partial charge in [-0.05, 0) is 42.7 Å². The van der Waals surface area contributed by atoms with Crippen molar-refractivity contribution < 1.29 is 9.53 Å². The molecule has 2 heterocycles. The summed E-state index contributed by atoms with van der Waals surface area (Å²) in [6.45, 7) is 0.727. The normalized spacial score (nSPS) is 16.0. The first kappa shape index (κ1) is 18.0. The predicted octanol–water partition coefficient (Wildman–Crippen LogP) is 4.21. The summed E-state index contributed by atoms with van der Waals surface area (Å²) in [5.41, 5.74) is 2.49. The molecule has 1 fully saturated rings. The van der Waals surface area contributed by atoms with Gasteiger partial charge in [-0.3, -0.25) is 4.79 Å². The number of benzene rings is 2. The second-order valence-electron chi connectivity index (χ2n) is 6.72. The minimum atomic E-state index is -0.0448. The third-order valence-corrected chi connectivity index (χ3v) is 4.92. The summed E-state index contributed by atoms with van der Waals surface area (Å²) >= 11 is 0. The maximum atomic E-state index is 13.0. The Hall–Kier alpha value is -3.41. The van der Waals surface area contributed by atoms with Crippen molar-refractivity contribution in [1.29, 1.82) is 0 Å². The van der Waals surface area contributed by atoms with E-state index in [1.165, 1.54) is 0 Å². The Morgan fingerprint density at radius 1 is 1.11 bits per heavy atom. The number of methoxy groups -OCH3 is 1. The molecule has 6 nitrogen and oxygen atoms in total. The number of carbonyl (C=O) groups excluding carboxylic acids is 1. The van der Waals surface area contributed by atoms with E-state index < -0.39 is 0 Å². The van der Waals surface area contributed by atoms with Crippen molar-refractivity contribution in [2.75, 3.05) is 19.0 Å². The first-order valence-corrected chi connectivity index (χ1v) is 9.33. The zero-order valence-electron chi connectivity index (χ0n) is 15.7. The standard InChI is InChI=1S/C22H22N4O2/c1-28-19-10-5-7-16(13-19)20-11-6-12-26(20)21(27)17-14-23-22(24-15-17)25-18-8-3-2-4-9-18/h2-5,7-10,13-15,20H,6,11-12H2,1H3,(H,23,24,25)/t20-/m0/s1. The van der Waals surface area contributed by atoms with Crippen LogP contribution in [-0.4, -0.2) is 34.4 Å². The average molecular weight is 374 g/mol. The van der Waals surface area contributed by atoms with E-state index in [1.807, 2.05) is 59.5 Å². The lowest BCUT2D eigenvalue weighted by Gasteiger charge is -2.25. The van der Waals surface area contributed by atoms with Crippen LogP contribution in [0.4, 0.5) is 11.6 Å². The van der Waals surface area contributed by atoms with Crippen molar-refractivity contribution in [3.8, 4) is 5.75 Å². The molecular formula is C22H22N4O2. The number of anilines is 2. The number of rotatable bonds is 5. The van der Waals surface area contributed by atoms with Crippen molar-refractivity contribution in [2.45, 2.75) is 18.9 Å². The van der Waals surface area contributed by atoms with E-state index in [0.29, 0.717) is 11.5 Å². The van der Waals surface area contributed by atoms with Gasteiger partial charge >= 0.3 is 0 Å². The second-order valence-corrected chi connectivity index (χ2v) is 6.72. The quantitative estimate of drug-likeness (QED) is 0.725. The fourth-order valence-electron chi connectivity index (χ4n) is 3.52. The number of aromatic nitrogens is 2. The summed E-state index contributed by atoms with van der Waals surface area (Å²) in [5.74, 6) is 1.22. The summed E-state index contributed by atoms with van der Waals surface area (Å²) in [4.78, 5) is 23.6. The molecule has 6 heteroatoms. The van der Waals surface area contributed by atoms with Crippen LogP contribution in [0, 0.1) is 0 Å². The Labute approximate surface area is 164 Å². The molecular weight excluding hydrogens is 352 g/mol. The maximum Gasteiger partial charge on any atom is 0.257 e. The molecule has 0 aliphatic carbocycles. The number of para-hydroxylation sites is 1. The van der Waals surface area contributed by atoms with Crippen molar-refractivity contribution in [2.24, 2.45) is 0 Å². The highest BCUT2D eigenvalue weighted by Gasteiger charge is 2.31. The molecule has 0 saturated carbocycles. The highest BCUT2D eigenvalue weighted by Crippen LogP contribution is 2.34. The molecule has 0 bridgehead atoms. The molecule has 28 heavy (non-hydrogen) atoms. The fraction of sp³-hybridized carbons (Fsp3) is 0.227. The van der Waals surface area contributed by atoms with Gasteiger partial charge in [0.2, 0.25) is 5.95 Å². The van der Waals surface area contributed by atoms with E-state index in [9.17, 15) is 4.79 Å². The number of amides is 1. The number of likely N-dealkylation sites (tertiary alicyclic amines) is 1. The molecule has 1 saturated heterocycles. The third kappa shape index (κ3) is 3.81. The van der Waals surface area contributed by atoms with Crippen LogP contribution in [0.15, 0.2) is 67.0 Å². The molecule has 0 spiro atoms. The Morgan fingerprint density at radius 2 is 1.89 bits per heavy atom. The zero-order chi connectivity index (χ0) is 19.3. The lowest BCUT2D eigenvalue weighted by Crippen LogP contribution is -2.30. The lowest BCUT2D eigenvalue weighted by atomic mass is 10.0.